The van der Waals surface area contributed by atoms with Crippen LogP contribution in [0.4, 0.5) is 0 Å². The molecule has 11 heteroatoms. The number of carbonyl (C=O) groups excluding carboxylic acids is 4. The molecule has 2 aliphatic rings. The topological polar surface area (TPSA) is 148 Å². The quantitative estimate of drug-likeness (QED) is 0.524. The second-order valence-corrected chi connectivity index (χ2v) is 10.5. The monoisotopic (exact) mass is 557 g/mol. The van der Waals surface area contributed by atoms with Crippen molar-refractivity contribution in [3.05, 3.63) is 53.8 Å². The molecule has 0 aromatic carbocycles. The van der Waals surface area contributed by atoms with Crippen LogP contribution < -0.4 is 5.32 Å². The first kappa shape index (κ1) is 30.8. The number of ether oxygens (including phenoxy) is 2. The van der Waals surface area contributed by atoms with Gasteiger partial charge in [-0.05, 0) is 38.2 Å². The Morgan fingerprint density at radius 2 is 2.00 bits per heavy atom. The first-order valence-corrected chi connectivity index (χ1v) is 13.6. The fraction of sp³-hybridized carbons (Fsp3) is 0.552. The van der Waals surface area contributed by atoms with Gasteiger partial charge in [0.05, 0.1) is 13.2 Å². The Balaban J connectivity index is 1.95. The highest BCUT2D eigenvalue weighted by atomic mass is 16.5. The number of cyclic esters (lactones) is 1. The van der Waals surface area contributed by atoms with E-state index in [0.717, 1.165) is 6.26 Å². The van der Waals surface area contributed by atoms with Crippen LogP contribution in [0, 0.1) is 11.8 Å². The van der Waals surface area contributed by atoms with E-state index in [1.165, 1.54) is 18.1 Å². The minimum Gasteiger partial charge on any atom is -0.468 e. The van der Waals surface area contributed by atoms with Crippen molar-refractivity contribution in [2.75, 3.05) is 20.2 Å². The van der Waals surface area contributed by atoms with Gasteiger partial charge in [0.25, 0.3) is 5.91 Å². The highest BCUT2D eigenvalue weighted by Crippen LogP contribution is 2.27. The Morgan fingerprint density at radius 3 is 2.70 bits per heavy atom. The highest BCUT2D eigenvalue weighted by Gasteiger charge is 2.39. The zero-order valence-electron chi connectivity index (χ0n) is 23.7. The molecule has 1 aromatic heterocycles. The first-order chi connectivity index (χ1) is 19.0. The van der Waals surface area contributed by atoms with Gasteiger partial charge in [0.15, 0.2) is 5.69 Å². The number of aliphatic hydroxyl groups is 1. The third kappa shape index (κ3) is 7.91. The van der Waals surface area contributed by atoms with E-state index < -0.39 is 42.0 Å². The largest absolute Gasteiger partial charge is 0.468 e. The average molecular weight is 558 g/mol. The van der Waals surface area contributed by atoms with Crippen LogP contribution in [-0.4, -0.2) is 77.2 Å². The van der Waals surface area contributed by atoms with Crippen LogP contribution in [-0.2, 0) is 23.9 Å². The summed E-state index contributed by atoms with van der Waals surface area (Å²) in [5.41, 5.74) is 0.652. The Bertz CT molecular complexity index is 1170. The molecule has 11 nitrogen and oxygen atoms in total. The molecule has 0 spiro atoms. The van der Waals surface area contributed by atoms with Crippen molar-refractivity contribution in [2.24, 2.45) is 11.8 Å². The molecule has 1 saturated heterocycles. The molecule has 5 atom stereocenters. The number of aromatic nitrogens is 1. The number of amides is 2. The molecule has 2 N–H and O–H groups in total. The molecule has 40 heavy (non-hydrogen) atoms. The molecule has 1 unspecified atom stereocenters. The second-order valence-electron chi connectivity index (χ2n) is 10.5. The summed E-state index contributed by atoms with van der Waals surface area (Å²) in [4.78, 5) is 57.1. The van der Waals surface area contributed by atoms with Gasteiger partial charge in [-0.25, -0.2) is 9.78 Å². The van der Waals surface area contributed by atoms with Crippen molar-refractivity contribution in [3.8, 4) is 0 Å². The molecule has 3 heterocycles. The van der Waals surface area contributed by atoms with E-state index in [1.807, 2.05) is 20.8 Å². The number of methoxy groups -OCH3 is 1. The molecule has 0 saturated carbocycles. The molecule has 0 radical (unpaired) electrons. The van der Waals surface area contributed by atoms with Crippen molar-refractivity contribution in [3.63, 3.8) is 0 Å². The third-order valence-corrected chi connectivity index (χ3v) is 7.00. The molecule has 0 aliphatic carbocycles. The summed E-state index contributed by atoms with van der Waals surface area (Å²) < 4.78 is 16.3. The summed E-state index contributed by atoms with van der Waals surface area (Å²) >= 11 is 0. The zero-order valence-corrected chi connectivity index (χ0v) is 23.7. The average Bonchev–Trinajstić information content (AvgIpc) is 3.60. The van der Waals surface area contributed by atoms with Gasteiger partial charge in [0, 0.05) is 19.0 Å². The zero-order chi connectivity index (χ0) is 29.4. The maximum Gasteiger partial charge on any atom is 0.329 e. The van der Waals surface area contributed by atoms with Gasteiger partial charge in [0.2, 0.25) is 11.8 Å². The number of hydrogen-bond acceptors (Lipinski definition) is 9. The van der Waals surface area contributed by atoms with E-state index in [-0.39, 0.29) is 42.3 Å². The van der Waals surface area contributed by atoms with Crippen LogP contribution in [0.15, 0.2) is 46.6 Å². The van der Waals surface area contributed by atoms with Gasteiger partial charge >= 0.3 is 11.9 Å². The van der Waals surface area contributed by atoms with Gasteiger partial charge in [-0.3, -0.25) is 14.4 Å². The van der Waals surface area contributed by atoms with E-state index in [9.17, 15) is 24.3 Å². The summed E-state index contributed by atoms with van der Waals surface area (Å²) in [5, 5.41) is 13.4. The highest BCUT2D eigenvalue weighted by molar-refractivity contribution is 5.95. The number of hydrogen-bond donors (Lipinski definition) is 2. The lowest BCUT2D eigenvalue weighted by molar-refractivity contribution is -0.158. The summed E-state index contributed by atoms with van der Waals surface area (Å²) in [6.45, 7) is 8.09. The normalized spacial score (nSPS) is 30.2. The molecule has 218 valence electrons. The molecule has 2 amide bonds. The maximum atomic E-state index is 13.4. The van der Waals surface area contributed by atoms with Gasteiger partial charge in [0.1, 0.15) is 24.3 Å². The summed E-state index contributed by atoms with van der Waals surface area (Å²) in [6.07, 6.45) is 8.68. The number of carbonyl (C=O) groups is 4. The number of rotatable bonds is 2. The predicted molar refractivity (Wildman–Crippen MR) is 145 cm³/mol. The van der Waals surface area contributed by atoms with Gasteiger partial charge in [-0.2, -0.15) is 0 Å². The first-order valence-electron chi connectivity index (χ1n) is 13.6. The summed E-state index contributed by atoms with van der Waals surface area (Å²) in [6, 6.07) is -0.802. The van der Waals surface area contributed by atoms with Crippen LogP contribution in [0.25, 0.3) is 0 Å². The minimum atomic E-state index is -1.06. The number of nitrogens with one attached hydrogen (secondary N) is 1. The van der Waals surface area contributed by atoms with E-state index in [0.29, 0.717) is 25.0 Å². The number of oxazole rings is 1. The Kier molecular flexibility index (Phi) is 10.8. The summed E-state index contributed by atoms with van der Waals surface area (Å²) in [5.74, 6) is -3.45. The molecular formula is C29H39N3O8. The molecule has 2 aliphatic heterocycles. The van der Waals surface area contributed by atoms with E-state index >= 15 is 0 Å². The van der Waals surface area contributed by atoms with Crippen molar-refractivity contribution < 1.29 is 38.2 Å². The van der Waals surface area contributed by atoms with Gasteiger partial charge < -0.3 is 29.2 Å². The number of allylic oxidation sites excluding steroid dienone is 2. The molecule has 2 bridgehead atoms. The lowest BCUT2D eigenvalue weighted by atomic mass is 9.94. The van der Waals surface area contributed by atoms with Crippen molar-refractivity contribution >= 4 is 23.8 Å². The standard InChI is InChI=1S/C29H39N3O8/c1-17(2)25-19(4)10-11-24(34)30-12-6-8-18(3)14-20(33)15-21(28(36)38-5)26-31-22(16-39-26)27(35)32-13-7-9-23(32)29(37)40-25/h6,8,10-11,14,16-17,19-21,23,25,33H,7,9,12-13,15H2,1-5H3,(H,30,34)/b8-6-,11-10-,18-14-/t19-,20-,21?,23-,25-/m1/s1. The van der Waals surface area contributed by atoms with E-state index in [2.05, 4.69) is 10.3 Å². The number of fused-ring (bicyclic) bond motifs is 3. The van der Waals surface area contributed by atoms with Gasteiger partial charge in [-0.1, -0.05) is 50.6 Å². The molecule has 3 rings (SSSR count). The van der Waals surface area contributed by atoms with Crippen LogP contribution in [0.3, 0.4) is 0 Å². The van der Waals surface area contributed by atoms with Gasteiger partial charge in [-0.15, -0.1) is 0 Å². The fourth-order valence-corrected chi connectivity index (χ4v) is 4.93. The lowest BCUT2D eigenvalue weighted by Crippen LogP contribution is -2.44. The van der Waals surface area contributed by atoms with Crippen LogP contribution in [0.2, 0.25) is 0 Å². The lowest BCUT2D eigenvalue weighted by Gasteiger charge is -2.29. The van der Waals surface area contributed by atoms with Crippen LogP contribution in [0.5, 0.6) is 0 Å². The van der Waals surface area contributed by atoms with Crippen LogP contribution in [0.1, 0.15) is 69.3 Å². The molecular weight excluding hydrogens is 518 g/mol. The van der Waals surface area contributed by atoms with Crippen molar-refractivity contribution in [1.82, 2.24) is 15.2 Å². The minimum absolute atomic E-state index is 0.0378. The fourth-order valence-electron chi connectivity index (χ4n) is 4.93. The van der Waals surface area contributed by atoms with E-state index in [1.54, 1.807) is 31.2 Å². The predicted octanol–water partition coefficient (Wildman–Crippen LogP) is 2.68. The Hall–Kier alpha value is -3.73. The number of aliphatic hydroxyl groups excluding tert-OH is 1. The number of esters is 2. The van der Waals surface area contributed by atoms with Crippen molar-refractivity contribution in [2.45, 2.75) is 71.1 Å². The summed E-state index contributed by atoms with van der Waals surface area (Å²) in [7, 11) is 1.21. The maximum absolute atomic E-state index is 13.4. The van der Waals surface area contributed by atoms with Crippen molar-refractivity contribution in [1.29, 1.82) is 0 Å². The third-order valence-electron chi connectivity index (χ3n) is 7.00. The molecule has 1 aromatic rings. The second kappa shape index (κ2) is 14.1. The SMILES string of the molecule is COC(=O)C1C[C@H](O)/C=C(C)\C=C/CNC(=O)/C=C\[C@@H](C)[C@@H](C(C)C)OC(=O)[C@H]2CCCN2C(=O)c2coc1n2. The Morgan fingerprint density at radius 1 is 1.25 bits per heavy atom. The Labute approximate surface area is 234 Å². The van der Waals surface area contributed by atoms with E-state index in [4.69, 9.17) is 13.9 Å². The molecule has 1 fully saturated rings. The smallest absolute Gasteiger partial charge is 0.329 e. The van der Waals surface area contributed by atoms with Crippen LogP contribution >= 0.6 is 0 Å². The number of nitrogens with zero attached hydrogens (tertiary/aromatic N) is 2.